The lowest BCUT2D eigenvalue weighted by Gasteiger charge is -2.17. The number of aromatic nitrogens is 2. The number of fused-ring (bicyclic) bond motifs is 1. The van der Waals surface area contributed by atoms with Crippen molar-refractivity contribution in [3.63, 3.8) is 0 Å². The Morgan fingerprint density at radius 3 is 2.24 bits per heavy atom. The van der Waals surface area contributed by atoms with E-state index < -0.39 is 10.0 Å². The number of sulfonamides is 1. The van der Waals surface area contributed by atoms with Crippen LogP contribution in [0.1, 0.15) is 11.1 Å². The van der Waals surface area contributed by atoms with Gasteiger partial charge in [0.1, 0.15) is 5.75 Å². The Morgan fingerprint density at radius 1 is 0.921 bits per heavy atom. The van der Waals surface area contributed by atoms with E-state index in [9.17, 15) is 13.2 Å². The maximum atomic E-state index is 13.6. The van der Waals surface area contributed by atoms with Gasteiger partial charge in [-0.25, -0.2) is 18.4 Å². The van der Waals surface area contributed by atoms with Crippen molar-refractivity contribution in [1.29, 1.82) is 0 Å². The highest BCUT2D eigenvalue weighted by Crippen LogP contribution is 2.31. The summed E-state index contributed by atoms with van der Waals surface area (Å²) in [5.74, 6) is 0.650. The van der Waals surface area contributed by atoms with Gasteiger partial charge in [-0.1, -0.05) is 24.3 Å². The zero-order valence-electron chi connectivity index (χ0n) is 21.9. The predicted octanol–water partition coefficient (Wildman–Crippen LogP) is 4.30. The molecule has 3 aromatic carbocycles. The monoisotopic (exact) mass is 534 g/mol. The van der Waals surface area contributed by atoms with E-state index >= 15 is 0 Å². The summed E-state index contributed by atoms with van der Waals surface area (Å²) in [6, 6.07) is 17.5. The third-order valence-corrected chi connectivity index (χ3v) is 7.20. The van der Waals surface area contributed by atoms with Gasteiger partial charge >= 0.3 is 0 Å². The fourth-order valence-electron chi connectivity index (χ4n) is 3.79. The Balaban J connectivity index is 1.73. The molecule has 0 radical (unpaired) electrons. The lowest BCUT2D eigenvalue weighted by atomic mass is 10.2. The maximum Gasteiger partial charge on any atom is 0.263 e. The van der Waals surface area contributed by atoms with Crippen LogP contribution in [0.25, 0.3) is 11.0 Å². The number of anilines is 4. The second-order valence-corrected chi connectivity index (χ2v) is 10.7. The smallest absolute Gasteiger partial charge is 0.263 e. The van der Waals surface area contributed by atoms with E-state index in [1.54, 1.807) is 69.4 Å². The van der Waals surface area contributed by atoms with Crippen molar-refractivity contribution in [2.75, 3.05) is 43.1 Å². The lowest BCUT2D eigenvalue weighted by molar-refractivity contribution is -0.116. The SMILES string of the molecule is COc1ccc(C)c(Nc2nc3ccccc3nc2NS(=O)(=O)c2cc(NC(=O)CN(C)C)ccc2C)c1. The van der Waals surface area contributed by atoms with E-state index in [0.29, 0.717) is 33.7 Å². The molecule has 0 aliphatic heterocycles. The molecule has 10 nitrogen and oxygen atoms in total. The molecule has 198 valence electrons. The number of nitrogens with one attached hydrogen (secondary N) is 3. The van der Waals surface area contributed by atoms with Crippen LogP contribution in [0.4, 0.5) is 23.0 Å². The lowest BCUT2D eigenvalue weighted by Crippen LogP contribution is -2.27. The van der Waals surface area contributed by atoms with Gasteiger partial charge < -0.3 is 20.3 Å². The molecule has 1 amide bonds. The number of benzene rings is 3. The van der Waals surface area contributed by atoms with Crippen molar-refractivity contribution in [3.05, 3.63) is 71.8 Å². The minimum atomic E-state index is -4.11. The molecule has 4 aromatic rings. The second kappa shape index (κ2) is 11.0. The van der Waals surface area contributed by atoms with Crippen LogP contribution in [0.5, 0.6) is 5.75 Å². The molecular formula is C27H30N6O4S. The van der Waals surface area contributed by atoms with Crippen LogP contribution in [-0.2, 0) is 14.8 Å². The molecule has 11 heteroatoms. The van der Waals surface area contributed by atoms with Gasteiger partial charge in [-0.05, 0) is 69.4 Å². The first kappa shape index (κ1) is 26.8. The molecule has 1 aromatic heterocycles. The molecular weight excluding hydrogens is 504 g/mol. The number of carbonyl (C=O) groups excluding carboxylic acids is 1. The van der Waals surface area contributed by atoms with Crippen LogP contribution in [0.3, 0.4) is 0 Å². The standard InChI is InChI=1S/C27H30N6O4S/c1-17-11-13-20(37-5)15-23(17)31-26-27(30-22-9-7-6-8-21(22)29-26)32-38(35,36)24-14-19(12-10-18(24)2)28-25(34)16-33(3)4/h6-15H,16H2,1-5H3,(H,28,34)(H,29,31)(H,30,32). The molecule has 38 heavy (non-hydrogen) atoms. The summed E-state index contributed by atoms with van der Waals surface area (Å²) >= 11 is 0. The van der Waals surface area contributed by atoms with E-state index in [4.69, 9.17) is 4.74 Å². The van der Waals surface area contributed by atoms with Gasteiger partial charge in [-0.15, -0.1) is 0 Å². The van der Waals surface area contributed by atoms with Crippen molar-refractivity contribution in [2.24, 2.45) is 0 Å². The van der Waals surface area contributed by atoms with Crippen LogP contribution < -0.4 is 20.1 Å². The van der Waals surface area contributed by atoms with Crippen LogP contribution in [0.15, 0.2) is 65.6 Å². The first-order valence-corrected chi connectivity index (χ1v) is 13.3. The van der Waals surface area contributed by atoms with Gasteiger partial charge in [-0.3, -0.25) is 9.52 Å². The highest BCUT2D eigenvalue weighted by Gasteiger charge is 2.22. The normalized spacial score (nSPS) is 11.4. The maximum absolute atomic E-state index is 13.6. The zero-order chi connectivity index (χ0) is 27.4. The van der Waals surface area contributed by atoms with Gasteiger partial charge in [0, 0.05) is 17.4 Å². The number of ether oxygens (including phenoxy) is 1. The molecule has 3 N–H and O–H groups in total. The average Bonchev–Trinajstić information content (AvgIpc) is 2.86. The number of hydrogen-bond acceptors (Lipinski definition) is 8. The zero-order valence-corrected chi connectivity index (χ0v) is 22.7. The number of nitrogens with zero attached hydrogens (tertiary/aromatic N) is 3. The topological polar surface area (TPSA) is 126 Å². The van der Waals surface area contributed by atoms with Crippen LogP contribution in [-0.4, -0.2) is 56.9 Å². The Labute approximate surface area is 222 Å². The molecule has 0 unspecified atom stereocenters. The van der Waals surface area contributed by atoms with E-state index in [-0.39, 0.29) is 29.0 Å². The van der Waals surface area contributed by atoms with Crippen molar-refractivity contribution in [3.8, 4) is 5.75 Å². The molecule has 0 fully saturated rings. The van der Waals surface area contributed by atoms with E-state index in [1.807, 2.05) is 25.1 Å². The molecule has 4 rings (SSSR count). The number of para-hydroxylation sites is 2. The highest BCUT2D eigenvalue weighted by atomic mass is 32.2. The van der Waals surface area contributed by atoms with Crippen molar-refractivity contribution < 1.29 is 17.9 Å². The van der Waals surface area contributed by atoms with Crippen LogP contribution in [0, 0.1) is 13.8 Å². The quantitative estimate of drug-likeness (QED) is 0.290. The number of rotatable bonds is 9. The fraction of sp³-hybridized carbons (Fsp3) is 0.222. The number of likely N-dealkylation sites (N-methyl/N-ethyl adjacent to an activating group) is 1. The molecule has 1 heterocycles. The van der Waals surface area contributed by atoms with Gasteiger partial charge in [0.05, 0.1) is 29.6 Å². The number of aryl methyl sites for hydroxylation is 2. The molecule has 0 atom stereocenters. The summed E-state index contributed by atoms with van der Waals surface area (Å²) in [4.78, 5) is 23.2. The summed E-state index contributed by atoms with van der Waals surface area (Å²) in [7, 11) is 1.01. The predicted molar refractivity (Wildman–Crippen MR) is 150 cm³/mol. The van der Waals surface area contributed by atoms with Gasteiger partial charge in [-0.2, -0.15) is 0 Å². The number of hydrogen-bond donors (Lipinski definition) is 3. The molecule has 0 bridgehead atoms. The second-order valence-electron chi connectivity index (χ2n) is 9.09. The van der Waals surface area contributed by atoms with Crippen LogP contribution >= 0.6 is 0 Å². The molecule has 0 saturated carbocycles. The summed E-state index contributed by atoms with van der Waals surface area (Å²) < 4.78 is 35.1. The third kappa shape index (κ3) is 6.18. The summed E-state index contributed by atoms with van der Waals surface area (Å²) in [5, 5.41) is 5.95. The van der Waals surface area contributed by atoms with Crippen molar-refractivity contribution in [2.45, 2.75) is 18.7 Å². The minimum Gasteiger partial charge on any atom is -0.497 e. The molecule has 0 saturated heterocycles. The summed E-state index contributed by atoms with van der Waals surface area (Å²) in [6.45, 7) is 3.77. The Hall–Kier alpha value is -4.22. The Bertz CT molecular complexity index is 1600. The Kier molecular flexibility index (Phi) is 7.79. The number of methoxy groups -OCH3 is 1. The van der Waals surface area contributed by atoms with Crippen molar-refractivity contribution in [1.82, 2.24) is 14.9 Å². The van der Waals surface area contributed by atoms with E-state index in [2.05, 4.69) is 25.3 Å². The van der Waals surface area contributed by atoms with E-state index in [1.165, 1.54) is 6.07 Å². The van der Waals surface area contributed by atoms with Gasteiger partial charge in [0.25, 0.3) is 10.0 Å². The fourth-order valence-corrected chi connectivity index (χ4v) is 5.07. The van der Waals surface area contributed by atoms with Gasteiger partial charge in [0.15, 0.2) is 11.6 Å². The third-order valence-electron chi connectivity index (χ3n) is 5.72. The summed E-state index contributed by atoms with van der Waals surface area (Å²) in [6.07, 6.45) is 0. The number of carbonyl (C=O) groups is 1. The Morgan fingerprint density at radius 2 is 1.58 bits per heavy atom. The highest BCUT2D eigenvalue weighted by molar-refractivity contribution is 7.92. The number of amides is 1. The van der Waals surface area contributed by atoms with Crippen LogP contribution in [0.2, 0.25) is 0 Å². The molecule has 0 aliphatic carbocycles. The summed E-state index contributed by atoms with van der Waals surface area (Å²) in [5.41, 5.74) is 3.61. The minimum absolute atomic E-state index is 0.0126. The molecule has 0 spiro atoms. The average molecular weight is 535 g/mol. The van der Waals surface area contributed by atoms with Gasteiger partial charge in [0.2, 0.25) is 5.91 Å². The van der Waals surface area contributed by atoms with Crippen molar-refractivity contribution >= 4 is 50.0 Å². The molecule has 0 aliphatic rings. The first-order valence-electron chi connectivity index (χ1n) is 11.8. The largest absolute Gasteiger partial charge is 0.497 e. The first-order chi connectivity index (χ1) is 18.1. The van der Waals surface area contributed by atoms with E-state index in [0.717, 1.165) is 5.56 Å².